The van der Waals surface area contributed by atoms with Gasteiger partial charge in [-0.1, -0.05) is 32.0 Å². The highest BCUT2D eigenvalue weighted by atomic mass is 15.3. The van der Waals surface area contributed by atoms with Crippen molar-refractivity contribution < 1.29 is 0 Å². The first-order valence-electron chi connectivity index (χ1n) is 11.1. The normalized spacial score (nSPS) is 33.5. The molecule has 3 heteroatoms. The van der Waals surface area contributed by atoms with Gasteiger partial charge in [-0.3, -0.25) is 0 Å². The number of nitrogens with one attached hydrogen (secondary N) is 1. The molecule has 4 bridgehead atoms. The zero-order valence-electron chi connectivity index (χ0n) is 16.7. The summed E-state index contributed by atoms with van der Waals surface area (Å²) < 4.78 is 2.27. The summed E-state index contributed by atoms with van der Waals surface area (Å²) in [7, 11) is 0. The molecule has 142 valence electrons. The van der Waals surface area contributed by atoms with E-state index in [1.807, 2.05) is 0 Å². The Morgan fingerprint density at radius 3 is 2.37 bits per heavy atom. The Morgan fingerprint density at radius 1 is 1.04 bits per heavy atom. The number of rotatable bonds is 3. The molecule has 4 fully saturated rings. The van der Waals surface area contributed by atoms with Crippen LogP contribution in [0.4, 0.5) is 5.82 Å². The average molecular weight is 362 g/mol. The molecule has 2 aromatic rings. The molecular formula is C24H31N3. The number of benzene rings is 1. The first kappa shape index (κ1) is 16.2. The fourth-order valence-electron chi connectivity index (χ4n) is 7.34. The topological polar surface area (TPSA) is 29.9 Å². The highest BCUT2D eigenvalue weighted by Crippen LogP contribution is 2.61. The Morgan fingerprint density at radius 2 is 1.70 bits per heavy atom. The van der Waals surface area contributed by atoms with Crippen molar-refractivity contribution in [3.05, 3.63) is 41.1 Å². The smallest absolute Gasteiger partial charge is 0.133 e. The Labute approximate surface area is 162 Å². The van der Waals surface area contributed by atoms with E-state index < -0.39 is 0 Å². The third-order valence-corrected chi connectivity index (χ3v) is 7.98. The van der Waals surface area contributed by atoms with Gasteiger partial charge in [0, 0.05) is 17.5 Å². The van der Waals surface area contributed by atoms with Gasteiger partial charge in [0.15, 0.2) is 0 Å². The van der Waals surface area contributed by atoms with Gasteiger partial charge in [-0.2, -0.15) is 5.10 Å². The van der Waals surface area contributed by atoms with Crippen LogP contribution >= 0.6 is 0 Å². The fraction of sp³-hybridized carbons (Fsp3) is 0.625. The summed E-state index contributed by atoms with van der Waals surface area (Å²) in [4.78, 5) is 0. The lowest BCUT2D eigenvalue weighted by Gasteiger charge is -2.56. The number of hydrogen-bond acceptors (Lipinski definition) is 2. The fourth-order valence-corrected chi connectivity index (χ4v) is 7.34. The molecule has 5 aliphatic rings. The molecule has 4 saturated carbocycles. The predicted octanol–water partition coefficient (Wildman–Crippen LogP) is 5.43. The highest BCUT2D eigenvalue weighted by molar-refractivity contribution is 5.60. The lowest BCUT2D eigenvalue weighted by Crippen LogP contribution is -2.49. The summed E-state index contributed by atoms with van der Waals surface area (Å²) in [5, 5.41) is 9.08. The average Bonchev–Trinajstić information content (AvgIpc) is 3.23. The molecule has 0 radical (unpaired) electrons. The predicted molar refractivity (Wildman–Crippen MR) is 110 cm³/mol. The van der Waals surface area contributed by atoms with Crippen LogP contribution in [0.2, 0.25) is 0 Å². The minimum absolute atomic E-state index is 0.378. The molecule has 3 nitrogen and oxygen atoms in total. The van der Waals surface area contributed by atoms with Gasteiger partial charge in [-0.25, -0.2) is 4.68 Å². The van der Waals surface area contributed by atoms with Crippen LogP contribution < -0.4 is 5.32 Å². The van der Waals surface area contributed by atoms with Crippen LogP contribution in [0.3, 0.4) is 0 Å². The Balaban J connectivity index is 1.51. The molecule has 1 aromatic heterocycles. The van der Waals surface area contributed by atoms with Crippen molar-refractivity contribution in [3.63, 3.8) is 0 Å². The standard InChI is InChI=1S/C24H31N3/c1-15(2)19-5-3-4-6-21(19)27-23-20(7-8-25-23)22(26-27)24-12-16-9-17(13-24)11-18(10-16)14-24/h3-6,15-18,25H,7-14H2,1-2H3. The summed E-state index contributed by atoms with van der Waals surface area (Å²) in [6, 6.07) is 8.85. The number of fused-ring (bicyclic) bond motifs is 1. The van der Waals surface area contributed by atoms with E-state index in [1.54, 1.807) is 0 Å². The maximum atomic E-state index is 5.39. The molecule has 0 spiro atoms. The first-order valence-corrected chi connectivity index (χ1v) is 11.1. The second-order valence-electron chi connectivity index (χ2n) is 10.2. The quantitative estimate of drug-likeness (QED) is 0.790. The Hall–Kier alpha value is -1.77. The van der Waals surface area contributed by atoms with E-state index in [1.165, 1.54) is 66.9 Å². The van der Waals surface area contributed by atoms with E-state index in [4.69, 9.17) is 5.10 Å². The van der Waals surface area contributed by atoms with Crippen molar-refractivity contribution in [1.29, 1.82) is 0 Å². The van der Waals surface area contributed by atoms with Gasteiger partial charge >= 0.3 is 0 Å². The molecule has 1 aliphatic heterocycles. The van der Waals surface area contributed by atoms with E-state index in [0.717, 1.165) is 30.7 Å². The van der Waals surface area contributed by atoms with Crippen LogP contribution in [0.25, 0.3) is 5.69 Å². The van der Waals surface area contributed by atoms with Crippen LogP contribution in [-0.4, -0.2) is 16.3 Å². The largest absolute Gasteiger partial charge is 0.369 e. The molecule has 1 N–H and O–H groups in total. The molecule has 0 saturated heterocycles. The Kier molecular flexibility index (Phi) is 3.37. The SMILES string of the molecule is CC(C)c1ccccc1-n1nc(C23CC4CC(CC(C4)C2)C3)c2c1NCC2. The third kappa shape index (κ3) is 2.30. The van der Waals surface area contributed by atoms with Gasteiger partial charge in [0.25, 0.3) is 0 Å². The van der Waals surface area contributed by atoms with Crippen molar-refractivity contribution in [1.82, 2.24) is 9.78 Å². The molecule has 0 atom stereocenters. The summed E-state index contributed by atoms with van der Waals surface area (Å²) in [6.45, 7) is 5.64. The van der Waals surface area contributed by atoms with Crippen LogP contribution in [0.1, 0.15) is 75.1 Å². The van der Waals surface area contributed by atoms with Gasteiger partial charge in [-0.15, -0.1) is 0 Å². The molecule has 4 aliphatic carbocycles. The molecular weight excluding hydrogens is 330 g/mol. The van der Waals surface area contributed by atoms with Crippen molar-refractivity contribution in [2.45, 2.75) is 70.1 Å². The molecule has 0 unspecified atom stereocenters. The van der Waals surface area contributed by atoms with Crippen LogP contribution in [0.5, 0.6) is 0 Å². The number of para-hydroxylation sites is 1. The number of anilines is 1. The third-order valence-electron chi connectivity index (χ3n) is 7.98. The van der Waals surface area contributed by atoms with Crippen molar-refractivity contribution in [2.24, 2.45) is 17.8 Å². The van der Waals surface area contributed by atoms with Crippen LogP contribution in [0, 0.1) is 17.8 Å². The molecule has 0 amide bonds. The second kappa shape index (κ2) is 5.62. The lowest BCUT2D eigenvalue weighted by atomic mass is 9.48. The van der Waals surface area contributed by atoms with Crippen LogP contribution in [-0.2, 0) is 11.8 Å². The molecule has 7 rings (SSSR count). The van der Waals surface area contributed by atoms with Gasteiger partial charge in [0.1, 0.15) is 5.82 Å². The number of hydrogen-bond donors (Lipinski definition) is 1. The maximum Gasteiger partial charge on any atom is 0.133 e. The van der Waals surface area contributed by atoms with Gasteiger partial charge in [-0.05, 0) is 80.2 Å². The van der Waals surface area contributed by atoms with Crippen LogP contribution in [0.15, 0.2) is 24.3 Å². The lowest BCUT2D eigenvalue weighted by molar-refractivity contribution is -0.00770. The van der Waals surface area contributed by atoms with E-state index in [-0.39, 0.29) is 0 Å². The summed E-state index contributed by atoms with van der Waals surface area (Å²) in [5.41, 5.74) is 6.06. The van der Waals surface area contributed by atoms with E-state index >= 15 is 0 Å². The zero-order chi connectivity index (χ0) is 18.2. The van der Waals surface area contributed by atoms with E-state index in [2.05, 4.69) is 48.1 Å². The summed E-state index contributed by atoms with van der Waals surface area (Å²) >= 11 is 0. The molecule has 1 aromatic carbocycles. The first-order chi connectivity index (χ1) is 13.1. The Bertz CT molecular complexity index is 856. The highest BCUT2D eigenvalue weighted by Gasteiger charge is 2.54. The zero-order valence-corrected chi connectivity index (χ0v) is 16.7. The van der Waals surface area contributed by atoms with Crippen molar-refractivity contribution >= 4 is 5.82 Å². The van der Waals surface area contributed by atoms with Gasteiger partial charge < -0.3 is 5.32 Å². The van der Waals surface area contributed by atoms with Crippen molar-refractivity contribution in [2.75, 3.05) is 11.9 Å². The minimum atomic E-state index is 0.378. The van der Waals surface area contributed by atoms with E-state index in [9.17, 15) is 0 Å². The monoisotopic (exact) mass is 361 g/mol. The number of aromatic nitrogens is 2. The van der Waals surface area contributed by atoms with Gasteiger partial charge in [0.2, 0.25) is 0 Å². The maximum absolute atomic E-state index is 5.39. The minimum Gasteiger partial charge on any atom is -0.369 e. The van der Waals surface area contributed by atoms with Crippen molar-refractivity contribution in [3.8, 4) is 5.69 Å². The van der Waals surface area contributed by atoms with Gasteiger partial charge in [0.05, 0.1) is 11.4 Å². The number of nitrogens with zero attached hydrogens (tertiary/aromatic N) is 2. The summed E-state index contributed by atoms with van der Waals surface area (Å²) in [5.74, 6) is 4.69. The second-order valence-corrected chi connectivity index (χ2v) is 10.2. The summed E-state index contributed by atoms with van der Waals surface area (Å²) in [6.07, 6.45) is 9.83. The molecule has 27 heavy (non-hydrogen) atoms. The van der Waals surface area contributed by atoms with E-state index in [0.29, 0.717) is 11.3 Å². The molecule has 2 heterocycles.